The Bertz CT molecular complexity index is 321. The molecule has 7 nitrogen and oxygen atoms in total. The second kappa shape index (κ2) is 3.81. The first-order valence-electron chi connectivity index (χ1n) is 3.79. The summed E-state index contributed by atoms with van der Waals surface area (Å²) in [6, 6.07) is 0. The highest BCUT2D eigenvalue weighted by molar-refractivity contribution is 7.86. The predicted molar refractivity (Wildman–Crippen MR) is 41.5 cm³/mol. The Hall–Kier alpha value is -0.700. The Kier molecular flexibility index (Phi) is 3.10. The van der Waals surface area contributed by atoms with Gasteiger partial charge in [-0.1, -0.05) is 0 Å². The van der Waals surface area contributed by atoms with Gasteiger partial charge < -0.3 is 19.5 Å². The minimum Gasteiger partial charge on any atom is -0.748 e. The maximum atomic E-state index is 10.6. The van der Waals surface area contributed by atoms with Crippen molar-refractivity contribution >= 4 is 16.1 Å². The highest BCUT2D eigenvalue weighted by atomic mass is 32.2. The molecule has 0 saturated carbocycles. The van der Waals surface area contributed by atoms with Gasteiger partial charge in [0.2, 0.25) is 0 Å². The Morgan fingerprint density at radius 2 is 2.07 bits per heavy atom. The largest absolute Gasteiger partial charge is 0.748 e. The van der Waals surface area contributed by atoms with Crippen LogP contribution in [0.3, 0.4) is 0 Å². The molecule has 14 heavy (non-hydrogen) atoms. The lowest BCUT2D eigenvalue weighted by Crippen LogP contribution is -2.47. The third kappa shape index (κ3) is 2.41. The summed E-state index contributed by atoms with van der Waals surface area (Å²) in [5.41, 5.74) is 0. The average molecular weight is 225 g/mol. The Labute approximate surface area is 80.1 Å². The molecule has 0 aromatic rings. The second-order valence-corrected chi connectivity index (χ2v) is 4.59. The van der Waals surface area contributed by atoms with Gasteiger partial charge in [-0.05, 0) is 0 Å². The molecular weight excluding hydrogens is 216 g/mol. The number of ether oxygens (including phenoxy) is 1. The first-order valence-corrected chi connectivity index (χ1v) is 5.26. The normalized spacial score (nSPS) is 34.0. The van der Waals surface area contributed by atoms with Gasteiger partial charge in [0.1, 0.15) is 10.1 Å². The molecule has 1 fully saturated rings. The molecule has 1 heterocycles. The zero-order chi connectivity index (χ0) is 10.9. The topological polar surface area (TPSA) is 124 Å². The van der Waals surface area contributed by atoms with Crippen molar-refractivity contribution < 1.29 is 32.7 Å². The summed E-state index contributed by atoms with van der Waals surface area (Å²) in [7, 11) is -4.68. The van der Waals surface area contributed by atoms with Crippen LogP contribution in [0.4, 0.5) is 0 Å². The molecule has 0 spiro atoms. The van der Waals surface area contributed by atoms with Gasteiger partial charge in [0.05, 0.1) is 18.0 Å². The molecule has 82 valence electrons. The molecule has 0 amide bonds. The first-order chi connectivity index (χ1) is 6.32. The van der Waals surface area contributed by atoms with Crippen molar-refractivity contribution in [1.82, 2.24) is 0 Å². The maximum absolute atomic E-state index is 10.6. The second-order valence-electron chi connectivity index (χ2n) is 2.99. The van der Waals surface area contributed by atoms with Gasteiger partial charge in [-0.15, -0.1) is 0 Å². The van der Waals surface area contributed by atoms with Crippen LogP contribution in [0.25, 0.3) is 0 Å². The molecule has 0 aliphatic carbocycles. The number of rotatable bonds is 2. The van der Waals surface area contributed by atoms with Crippen LogP contribution in [0.1, 0.15) is 6.42 Å². The lowest BCUT2D eigenvalue weighted by molar-refractivity contribution is -0.157. The summed E-state index contributed by atoms with van der Waals surface area (Å²) >= 11 is 0. The number of carboxylic acids is 1. The van der Waals surface area contributed by atoms with Crippen LogP contribution < -0.4 is 0 Å². The van der Waals surface area contributed by atoms with E-state index < -0.39 is 46.6 Å². The van der Waals surface area contributed by atoms with E-state index in [0.717, 1.165) is 0 Å². The molecule has 1 aliphatic heterocycles. The van der Waals surface area contributed by atoms with Crippen molar-refractivity contribution in [3.8, 4) is 0 Å². The van der Waals surface area contributed by atoms with Crippen LogP contribution in [0.2, 0.25) is 0 Å². The van der Waals surface area contributed by atoms with E-state index in [1.807, 2.05) is 0 Å². The minimum absolute atomic E-state index is 0.455. The molecule has 8 heteroatoms. The molecule has 0 aromatic carbocycles. The van der Waals surface area contributed by atoms with E-state index in [2.05, 4.69) is 4.74 Å². The summed E-state index contributed by atoms with van der Waals surface area (Å²) in [4.78, 5) is 10.4. The highest BCUT2D eigenvalue weighted by Crippen LogP contribution is 2.20. The lowest BCUT2D eigenvalue weighted by atomic mass is 10.1. The number of hydrogen-bond acceptors (Lipinski definition) is 6. The van der Waals surface area contributed by atoms with Gasteiger partial charge in [-0.2, -0.15) is 0 Å². The Morgan fingerprint density at radius 3 is 2.50 bits per heavy atom. The van der Waals surface area contributed by atoms with Crippen LogP contribution in [-0.4, -0.2) is 53.2 Å². The third-order valence-electron chi connectivity index (χ3n) is 1.99. The monoisotopic (exact) mass is 225 g/mol. The van der Waals surface area contributed by atoms with Gasteiger partial charge in [0.25, 0.3) is 0 Å². The molecule has 3 atom stereocenters. The van der Waals surface area contributed by atoms with Crippen LogP contribution in [0.5, 0.6) is 0 Å². The minimum atomic E-state index is -4.68. The van der Waals surface area contributed by atoms with Crippen molar-refractivity contribution in [2.45, 2.75) is 23.9 Å². The molecule has 1 rings (SSSR count). The summed E-state index contributed by atoms with van der Waals surface area (Å²) < 4.78 is 36.4. The summed E-state index contributed by atoms with van der Waals surface area (Å²) in [6.07, 6.45) is -3.30. The molecule has 2 unspecified atom stereocenters. The number of aliphatic hydroxyl groups is 1. The van der Waals surface area contributed by atoms with Gasteiger partial charge in [-0.25, -0.2) is 13.2 Å². The summed E-state index contributed by atoms with van der Waals surface area (Å²) in [6.45, 7) is -0.455. The predicted octanol–water partition coefficient (Wildman–Crippen LogP) is -1.87. The van der Waals surface area contributed by atoms with E-state index in [-0.39, 0.29) is 0 Å². The summed E-state index contributed by atoms with van der Waals surface area (Å²) in [5, 5.41) is 16.0. The van der Waals surface area contributed by atoms with Crippen molar-refractivity contribution in [1.29, 1.82) is 0 Å². The van der Waals surface area contributed by atoms with E-state index in [1.165, 1.54) is 0 Å². The Balaban J connectivity index is 2.80. The quantitative estimate of drug-likeness (QED) is 0.528. The zero-order valence-electron chi connectivity index (χ0n) is 6.99. The van der Waals surface area contributed by atoms with Crippen molar-refractivity contribution in [2.24, 2.45) is 0 Å². The fraction of sp³-hybridized carbons (Fsp3) is 0.833. The molecule has 0 bridgehead atoms. The van der Waals surface area contributed by atoms with E-state index >= 15 is 0 Å². The highest BCUT2D eigenvalue weighted by Gasteiger charge is 2.37. The van der Waals surface area contributed by atoms with E-state index in [0.29, 0.717) is 0 Å². The molecule has 1 aliphatic rings. The van der Waals surface area contributed by atoms with Crippen LogP contribution >= 0.6 is 0 Å². The fourth-order valence-electron chi connectivity index (χ4n) is 1.24. The van der Waals surface area contributed by atoms with Crippen LogP contribution in [0.15, 0.2) is 0 Å². The van der Waals surface area contributed by atoms with Crippen LogP contribution in [0, 0.1) is 0 Å². The number of aliphatic carboxylic acids is 1. The zero-order valence-corrected chi connectivity index (χ0v) is 7.81. The number of aliphatic hydroxyl groups excluding tert-OH is 1. The van der Waals surface area contributed by atoms with Gasteiger partial charge in [0.15, 0.2) is 6.10 Å². The van der Waals surface area contributed by atoms with Gasteiger partial charge >= 0.3 is 5.97 Å². The average Bonchev–Trinajstić information content (AvgIpc) is 2.02. The number of hydrogen-bond donors (Lipinski definition) is 2. The molecule has 0 aromatic heterocycles. The van der Waals surface area contributed by atoms with Crippen molar-refractivity contribution in [3.05, 3.63) is 0 Å². The third-order valence-corrected chi connectivity index (χ3v) is 3.24. The molecule has 0 radical (unpaired) electrons. The standard InChI is InChI=1S/C6H10O7S/c7-3-2-13-4(6(8)9)1-5(3)14(10,11)12/h3-5,7H,1-2H2,(H,8,9)(H,10,11,12)/p-1/t3?,4?,5-/m1/s1. The van der Waals surface area contributed by atoms with E-state index in [1.54, 1.807) is 0 Å². The van der Waals surface area contributed by atoms with Crippen molar-refractivity contribution in [2.75, 3.05) is 6.61 Å². The number of carboxylic acid groups (broad SMARTS) is 1. The lowest BCUT2D eigenvalue weighted by Gasteiger charge is -2.32. The van der Waals surface area contributed by atoms with E-state index in [9.17, 15) is 17.8 Å². The maximum Gasteiger partial charge on any atom is 0.332 e. The van der Waals surface area contributed by atoms with Gasteiger partial charge in [-0.3, -0.25) is 0 Å². The molecule has 1 saturated heterocycles. The van der Waals surface area contributed by atoms with Crippen molar-refractivity contribution in [3.63, 3.8) is 0 Å². The SMILES string of the molecule is O=C(O)C1C[C@@H](S(=O)(=O)[O-])C(O)CO1. The smallest absolute Gasteiger partial charge is 0.332 e. The fourth-order valence-corrected chi connectivity index (χ4v) is 2.11. The number of carbonyl (C=O) groups is 1. The molecular formula is C6H9O7S-. The van der Waals surface area contributed by atoms with Crippen LogP contribution in [-0.2, 0) is 19.6 Å². The van der Waals surface area contributed by atoms with Gasteiger partial charge in [0, 0.05) is 6.42 Å². The van der Waals surface area contributed by atoms with E-state index in [4.69, 9.17) is 10.2 Å². The first kappa shape index (κ1) is 11.4. The molecule has 2 N–H and O–H groups in total. The summed E-state index contributed by atoms with van der Waals surface area (Å²) in [5.74, 6) is -1.34. The Morgan fingerprint density at radius 1 is 1.50 bits per heavy atom.